The first-order valence-corrected chi connectivity index (χ1v) is 6.63. The Morgan fingerprint density at radius 2 is 2.06 bits per heavy atom. The van der Waals surface area contributed by atoms with Crippen molar-refractivity contribution >= 4 is 5.97 Å². The average Bonchev–Trinajstić information content (AvgIpc) is 2.39. The van der Waals surface area contributed by atoms with Gasteiger partial charge in [-0.2, -0.15) is 0 Å². The van der Waals surface area contributed by atoms with Gasteiger partial charge in [-0.15, -0.1) is 0 Å². The zero-order valence-corrected chi connectivity index (χ0v) is 10.9. The Kier molecular flexibility index (Phi) is 4.19. The third-order valence-corrected chi connectivity index (χ3v) is 3.67. The molecule has 96 valence electrons. The van der Waals surface area contributed by atoms with Crippen LogP contribution in [-0.2, 0) is 4.79 Å². The van der Waals surface area contributed by atoms with Crippen LogP contribution in [-0.4, -0.2) is 5.97 Å². The fourth-order valence-electron chi connectivity index (χ4n) is 2.70. The van der Waals surface area contributed by atoms with Crippen LogP contribution in [0.1, 0.15) is 44.1 Å². The zero-order chi connectivity index (χ0) is 13.0. The molecule has 0 saturated heterocycles. The van der Waals surface area contributed by atoms with Crippen molar-refractivity contribution in [3.8, 4) is 5.75 Å². The van der Waals surface area contributed by atoms with Gasteiger partial charge < -0.3 is 4.74 Å². The van der Waals surface area contributed by atoms with Crippen molar-refractivity contribution in [2.45, 2.75) is 38.5 Å². The van der Waals surface area contributed by atoms with Gasteiger partial charge in [0, 0.05) is 6.08 Å². The van der Waals surface area contributed by atoms with Gasteiger partial charge in [-0.25, -0.2) is 4.79 Å². The number of carbonyl (C=O) groups excluding carboxylic acids is 1. The highest BCUT2D eigenvalue weighted by atomic mass is 16.5. The molecule has 1 aromatic rings. The minimum atomic E-state index is -0.408. The van der Waals surface area contributed by atoms with E-state index in [0.29, 0.717) is 11.7 Å². The molecule has 2 rings (SSSR count). The van der Waals surface area contributed by atoms with Crippen LogP contribution >= 0.6 is 0 Å². The van der Waals surface area contributed by atoms with Crippen molar-refractivity contribution < 1.29 is 9.53 Å². The Morgan fingerprint density at radius 3 is 2.67 bits per heavy atom. The van der Waals surface area contributed by atoms with E-state index in [1.54, 1.807) is 0 Å². The van der Waals surface area contributed by atoms with Gasteiger partial charge in [0.1, 0.15) is 5.75 Å². The second-order valence-electron chi connectivity index (χ2n) is 5.16. The van der Waals surface area contributed by atoms with Gasteiger partial charge in [-0.1, -0.05) is 38.5 Å². The van der Waals surface area contributed by atoms with Gasteiger partial charge >= 0.3 is 5.97 Å². The van der Waals surface area contributed by atoms with E-state index < -0.39 is 5.97 Å². The Hall–Kier alpha value is -1.57. The largest absolute Gasteiger partial charge is 0.423 e. The third-order valence-electron chi connectivity index (χ3n) is 3.67. The minimum Gasteiger partial charge on any atom is -0.423 e. The number of benzene rings is 1. The van der Waals surface area contributed by atoms with Gasteiger partial charge in [0.25, 0.3) is 0 Å². The van der Waals surface area contributed by atoms with Crippen molar-refractivity contribution in [1.82, 2.24) is 0 Å². The second kappa shape index (κ2) is 5.85. The maximum Gasteiger partial charge on any atom is 0.335 e. The van der Waals surface area contributed by atoms with Crippen LogP contribution in [0.25, 0.3) is 0 Å². The Morgan fingerprint density at radius 1 is 1.33 bits per heavy atom. The van der Waals surface area contributed by atoms with Crippen LogP contribution < -0.4 is 4.74 Å². The predicted molar refractivity (Wildman–Crippen MR) is 72.6 cm³/mol. The van der Waals surface area contributed by atoms with E-state index in [-0.39, 0.29) is 0 Å². The number of carbonyl (C=O) groups is 1. The third kappa shape index (κ3) is 3.22. The molecule has 1 saturated carbocycles. The Bertz CT molecular complexity index is 419. The molecule has 0 aliphatic heterocycles. The topological polar surface area (TPSA) is 26.3 Å². The normalized spacial score (nSPS) is 23.4. The van der Waals surface area contributed by atoms with Crippen molar-refractivity contribution in [1.29, 1.82) is 0 Å². The molecule has 0 radical (unpaired) electrons. The molecule has 0 amide bonds. The van der Waals surface area contributed by atoms with E-state index in [2.05, 4.69) is 25.6 Å². The fraction of sp³-hybridized carbons (Fsp3) is 0.438. The molecule has 1 aliphatic carbocycles. The molecule has 0 N–H and O–H groups in total. The lowest BCUT2D eigenvalue weighted by atomic mass is 9.79. The van der Waals surface area contributed by atoms with Crippen LogP contribution in [0.15, 0.2) is 36.9 Å². The maximum absolute atomic E-state index is 11.1. The molecule has 2 atom stereocenters. The first-order valence-electron chi connectivity index (χ1n) is 6.63. The summed E-state index contributed by atoms with van der Waals surface area (Å²) in [5.74, 6) is 1.67. The molecule has 0 heterocycles. The summed E-state index contributed by atoms with van der Waals surface area (Å²) in [6.45, 7) is 5.71. The molecule has 1 fully saturated rings. The molecule has 2 unspecified atom stereocenters. The van der Waals surface area contributed by atoms with Crippen molar-refractivity contribution in [2.24, 2.45) is 5.92 Å². The summed E-state index contributed by atoms with van der Waals surface area (Å²) in [5.41, 5.74) is 1.36. The zero-order valence-electron chi connectivity index (χ0n) is 10.9. The van der Waals surface area contributed by atoms with Gasteiger partial charge in [0.2, 0.25) is 0 Å². The summed E-state index contributed by atoms with van der Waals surface area (Å²) in [5, 5.41) is 0. The smallest absolute Gasteiger partial charge is 0.335 e. The summed E-state index contributed by atoms with van der Waals surface area (Å²) in [7, 11) is 0. The van der Waals surface area contributed by atoms with Crippen LogP contribution in [0.4, 0.5) is 0 Å². The second-order valence-corrected chi connectivity index (χ2v) is 5.16. The molecule has 0 spiro atoms. The Balaban J connectivity index is 2.02. The van der Waals surface area contributed by atoms with Crippen molar-refractivity contribution in [3.63, 3.8) is 0 Å². The summed E-state index contributed by atoms with van der Waals surface area (Å²) in [6.07, 6.45) is 6.39. The number of rotatable bonds is 3. The molecule has 0 aromatic heterocycles. The lowest BCUT2D eigenvalue weighted by Crippen LogP contribution is -2.11. The van der Waals surface area contributed by atoms with E-state index in [4.69, 9.17) is 4.74 Å². The highest BCUT2D eigenvalue weighted by Gasteiger charge is 2.20. The summed E-state index contributed by atoms with van der Waals surface area (Å²) in [6, 6.07) is 7.90. The van der Waals surface area contributed by atoms with Crippen LogP contribution in [0, 0.1) is 5.92 Å². The van der Waals surface area contributed by atoms with Crippen molar-refractivity contribution in [3.05, 3.63) is 42.5 Å². The number of hydrogen-bond donors (Lipinski definition) is 0. The maximum atomic E-state index is 11.1. The van der Waals surface area contributed by atoms with Gasteiger partial charge in [-0.3, -0.25) is 0 Å². The van der Waals surface area contributed by atoms with Crippen molar-refractivity contribution in [2.75, 3.05) is 0 Å². The molecule has 1 aromatic carbocycles. The van der Waals surface area contributed by atoms with E-state index in [1.165, 1.54) is 37.3 Å². The average molecular weight is 244 g/mol. The first kappa shape index (κ1) is 12.9. The first-order chi connectivity index (χ1) is 8.69. The minimum absolute atomic E-state index is 0.408. The van der Waals surface area contributed by atoms with Gasteiger partial charge in [-0.05, 0) is 42.4 Å². The van der Waals surface area contributed by atoms with Gasteiger partial charge in [0.05, 0.1) is 0 Å². The summed E-state index contributed by atoms with van der Waals surface area (Å²) in [4.78, 5) is 11.1. The highest BCUT2D eigenvalue weighted by Crippen LogP contribution is 2.36. The molecule has 2 nitrogen and oxygen atoms in total. The Labute approximate surface area is 109 Å². The molecule has 2 heteroatoms. The van der Waals surface area contributed by atoms with E-state index >= 15 is 0 Å². The van der Waals surface area contributed by atoms with Crippen LogP contribution in [0.3, 0.4) is 0 Å². The van der Waals surface area contributed by atoms with E-state index in [9.17, 15) is 4.79 Å². The lowest BCUT2D eigenvalue weighted by Gasteiger charge is -2.27. The number of ether oxygens (including phenoxy) is 1. The van der Waals surface area contributed by atoms with Gasteiger partial charge in [0.15, 0.2) is 0 Å². The van der Waals surface area contributed by atoms with E-state index in [0.717, 1.165) is 5.92 Å². The molecule has 0 bridgehead atoms. The summed E-state index contributed by atoms with van der Waals surface area (Å²) < 4.78 is 5.07. The highest BCUT2D eigenvalue weighted by molar-refractivity contribution is 5.83. The monoisotopic (exact) mass is 244 g/mol. The summed E-state index contributed by atoms with van der Waals surface area (Å²) >= 11 is 0. The molecule has 1 aliphatic rings. The number of hydrogen-bond acceptors (Lipinski definition) is 2. The molecular weight excluding hydrogens is 224 g/mol. The molecule has 18 heavy (non-hydrogen) atoms. The lowest BCUT2D eigenvalue weighted by molar-refractivity contribution is -0.128. The molecular formula is C16H20O2. The predicted octanol–water partition coefficient (Wildman–Crippen LogP) is 4.07. The van der Waals surface area contributed by atoms with Crippen LogP contribution in [0.5, 0.6) is 5.75 Å². The number of esters is 1. The fourth-order valence-corrected chi connectivity index (χ4v) is 2.70. The standard InChI is InChI=1S/C16H20O2/c1-3-16(17)18-15-9-7-13(8-10-15)14-6-4-5-12(2)11-14/h3,7-10,12,14H,1,4-6,11H2,2H3. The quantitative estimate of drug-likeness (QED) is 0.455. The van der Waals surface area contributed by atoms with Crippen LogP contribution in [0.2, 0.25) is 0 Å². The SMILES string of the molecule is C=CC(=O)Oc1ccc(C2CCCC(C)C2)cc1. The van der Waals surface area contributed by atoms with E-state index in [1.807, 2.05) is 12.1 Å².